The van der Waals surface area contributed by atoms with Crippen molar-refractivity contribution in [2.45, 2.75) is 239 Å². The van der Waals surface area contributed by atoms with Crippen LogP contribution < -0.4 is 0 Å². The van der Waals surface area contributed by atoms with Crippen LogP contribution in [0.5, 0.6) is 0 Å². The van der Waals surface area contributed by atoms with Crippen molar-refractivity contribution in [1.29, 1.82) is 0 Å². The Morgan fingerprint density at radius 1 is 0.328 bits per heavy atom. The fourth-order valence-corrected chi connectivity index (χ4v) is 6.91. The highest BCUT2D eigenvalue weighted by atomic mass is 16.6. The molecule has 0 N–H and O–H groups in total. The molecule has 0 aromatic rings. The molecule has 364 valence electrons. The fraction of sp³-hybridized carbons (Fsp3) is 0.672. The molecule has 0 fully saturated rings. The van der Waals surface area contributed by atoms with Gasteiger partial charge >= 0.3 is 17.9 Å². The Bertz CT molecular complexity index is 1300. The predicted molar refractivity (Wildman–Crippen MR) is 274 cm³/mol. The Kier molecular flexibility index (Phi) is 49.0. The second-order valence-corrected chi connectivity index (χ2v) is 17.0. The first-order valence-electron chi connectivity index (χ1n) is 26.2. The molecule has 0 aliphatic heterocycles. The summed E-state index contributed by atoms with van der Waals surface area (Å²) in [6.07, 6.45) is 68.2. The maximum atomic E-state index is 12.8. The minimum atomic E-state index is -0.805. The number of hydrogen-bond acceptors (Lipinski definition) is 6. The number of ether oxygens (including phenoxy) is 3. The summed E-state index contributed by atoms with van der Waals surface area (Å²) in [7, 11) is 0. The van der Waals surface area contributed by atoms with Gasteiger partial charge in [0.1, 0.15) is 13.2 Å². The maximum absolute atomic E-state index is 12.8. The van der Waals surface area contributed by atoms with Gasteiger partial charge in [0, 0.05) is 19.3 Å². The number of carbonyl (C=O) groups is 3. The van der Waals surface area contributed by atoms with Crippen molar-refractivity contribution in [3.63, 3.8) is 0 Å². The van der Waals surface area contributed by atoms with E-state index in [9.17, 15) is 14.4 Å². The molecule has 1 unspecified atom stereocenters. The van der Waals surface area contributed by atoms with Crippen LogP contribution in [0.15, 0.2) is 97.2 Å². The zero-order chi connectivity index (χ0) is 46.5. The summed E-state index contributed by atoms with van der Waals surface area (Å²) >= 11 is 0. The number of hydrogen-bond donors (Lipinski definition) is 0. The van der Waals surface area contributed by atoms with Gasteiger partial charge in [0.15, 0.2) is 6.10 Å². The lowest BCUT2D eigenvalue weighted by Crippen LogP contribution is -2.30. The van der Waals surface area contributed by atoms with Crippen molar-refractivity contribution in [3.05, 3.63) is 97.2 Å². The molecule has 0 saturated carbocycles. The number of carbonyl (C=O) groups excluding carboxylic acids is 3. The zero-order valence-corrected chi connectivity index (χ0v) is 41.5. The Balaban J connectivity index is 4.50. The van der Waals surface area contributed by atoms with Gasteiger partial charge in [0.05, 0.1) is 0 Å². The van der Waals surface area contributed by atoms with Gasteiger partial charge in [-0.25, -0.2) is 0 Å². The van der Waals surface area contributed by atoms with Gasteiger partial charge in [-0.3, -0.25) is 14.4 Å². The summed E-state index contributed by atoms with van der Waals surface area (Å²) < 4.78 is 16.8. The van der Waals surface area contributed by atoms with E-state index in [4.69, 9.17) is 14.2 Å². The number of allylic oxidation sites excluding steroid dienone is 16. The topological polar surface area (TPSA) is 78.9 Å². The molecular weight excluding hydrogens is 793 g/mol. The molecule has 0 aliphatic rings. The molecule has 0 aliphatic carbocycles. The van der Waals surface area contributed by atoms with E-state index in [1.54, 1.807) is 0 Å². The summed E-state index contributed by atoms with van der Waals surface area (Å²) in [5.41, 5.74) is 0. The number of unbranched alkanes of at least 4 members (excludes halogenated alkanes) is 19. The van der Waals surface area contributed by atoms with E-state index >= 15 is 0 Å². The minimum absolute atomic E-state index is 0.104. The summed E-state index contributed by atoms with van der Waals surface area (Å²) in [5, 5.41) is 0. The SMILES string of the molecule is CC/C=C\C/C=C\C/C=C\C/C=C\CCCCCC(=O)OCC(COC(=O)CCCCCC/C=C\C/C=C\C/C=C\CC)OC(=O)CCCCCCC/C=C\CCCCCCCCC. The van der Waals surface area contributed by atoms with Crippen LogP contribution in [0.3, 0.4) is 0 Å². The first kappa shape index (κ1) is 60.3. The second-order valence-electron chi connectivity index (χ2n) is 17.0. The molecule has 0 spiro atoms. The largest absolute Gasteiger partial charge is 0.462 e. The second kappa shape index (κ2) is 52.0. The number of rotatable bonds is 46. The highest BCUT2D eigenvalue weighted by molar-refractivity contribution is 5.71. The standard InChI is InChI=1S/C58H96O6/c1-4-7-10-13-16-19-22-25-28-30-33-36-39-42-45-48-51-57(60)63-54-55(53-62-56(59)50-47-44-41-38-35-32-27-24-21-18-15-12-9-6-3)64-58(61)52-49-46-43-40-37-34-31-29-26-23-20-17-14-11-8-5-2/h7,9-10,12,16,18-19,21,25,27-29,31-33,36,55H,4-6,8,11,13-15,17,20,22-24,26,30,34-35,37-54H2,1-3H3/b10-7-,12-9-,19-16-,21-18-,28-25-,31-29-,32-27-,36-33-. The molecule has 1 atom stereocenters. The van der Waals surface area contributed by atoms with Gasteiger partial charge in [-0.05, 0) is 116 Å². The van der Waals surface area contributed by atoms with Gasteiger partial charge < -0.3 is 14.2 Å². The normalized spacial score (nSPS) is 12.9. The van der Waals surface area contributed by atoms with Crippen molar-refractivity contribution in [2.24, 2.45) is 0 Å². The third-order valence-corrected chi connectivity index (χ3v) is 10.8. The van der Waals surface area contributed by atoms with Gasteiger partial charge in [-0.2, -0.15) is 0 Å². The van der Waals surface area contributed by atoms with E-state index < -0.39 is 6.10 Å². The van der Waals surface area contributed by atoms with Gasteiger partial charge in [0.25, 0.3) is 0 Å². The minimum Gasteiger partial charge on any atom is -0.462 e. The molecule has 0 bridgehead atoms. The molecule has 0 rings (SSSR count). The molecule has 0 aromatic heterocycles. The van der Waals surface area contributed by atoms with Crippen LogP contribution in [-0.2, 0) is 28.6 Å². The lowest BCUT2D eigenvalue weighted by Gasteiger charge is -2.18. The lowest BCUT2D eigenvalue weighted by atomic mass is 10.1. The van der Waals surface area contributed by atoms with Crippen LogP contribution in [0, 0.1) is 0 Å². The summed E-state index contributed by atoms with van der Waals surface area (Å²) in [4.78, 5) is 38.0. The molecule has 64 heavy (non-hydrogen) atoms. The number of esters is 3. The van der Waals surface area contributed by atoms with Crippen LogP contribution in [-0.4, -0.2) is 37.2 Å². The lowest BCUT2D eigenvalue weighted by molar-refractivity contribution is -0.167. The smallest absolute Gasteiger partial charge is 0.306 e. The van der Waals surface area contributed by atoms with E-state index in [0.717, 1.165) is 135 Å². The Hall–Kier alpha value is -3.67. The monoisotopic (exact) mass is 889 g/mol. The molecule has 6 heteroatoms. The average molecular weight is 889 g/mol. The molecule has 0 radical (unpaired) electrons. The van der Waals surface area contributed by atoms with Crippen LogP contribution in [0.1, 0.15) is 233 Å². The van der Waals surface area contributed by atoms with Gasteiger partial charge in [0.2, 0.25) is 0 Å². The summed E-state index contributed by atoms with van der Waals surface area (Å²) in [6.45, 7) is 6.35. The highest BCUT2D eigenvalue weighted by Gasteiger charge is 2.19. The van der Waals surface area contributed by atoms with E-state index in [1.165, 1.54) is 57.8 Å². The van der Waals surface area contributed by atoms with Crippen molar-refractivity contribution in [3.8, 4) is 0 Å². The van der Waals surface area contributed by atoms with E-state index in [-0.39, 0.29) is 31.1 Å². The van der Waals surface area contributed by atoms with Crippen LogP contribution >= 0.6 is 0 Å². The molecule has 0 aromatic carbocycles. The third kappa shape index (κ3) is 49.3. The van der Waals surface area contributed by atoms with Gasteiger partial charge in [-0.15, -0.1) is 0 Å². The average Bonchev–Trinajstić information content (AvgIpc) is 3.29. The van der Waals surface area contributed by atoms with E-state index in [0.29, 0.717) is 19.3 Å². The summed E-state index contributed by atoms with van der Waals surface area (Å²) in [5.74, 6) is -0.966. The maximum Gasteiger partial charge on any atom is 0.306 e. The third-order valence-electron chi connectivity index (χ3n) is 10.8. The first-order valence-corrected chi connectivity index (χ1v) is 26.2. The fourth-order valence-electron chi connectivity index (χ4n) is 6.91. The molecule has 0 saturated heterocycles. The van der Waals surface area contributed by atoms with Crippen molar-refractivity contribution < 1.29 is 28.6 Å². The molecular formula is C58H96O6. The molecule has 6 nitrogen and oxygen atoms in total. The molecule has 0 amide bonds. The predicted octanol–water partition coefficient (Wildman–Crippen LogP) is 17.4. The molecule has 0 heterocycles. The zero-order valence-electron chi connectivity index (χ0n) is 41.5. The van der Waals surface area contributed by atoms with Crippen LogP contribution in [0.4, 0.5) is 0 Å². The first-order chi connectivity index (χ1) is 31.5. The van der Waals surface area contributed by atoms with Crippen LogP contribution in [0.25, 0.3) is 0 Å². The van der Waals surface area contributed by atoms with Crippen molar-refractivity contribution >= 4 is 17.9 Å². The van der Waals surface area contributed by atoms with E-state index in [1.807, 2.05) is 0 Å². The van der Waals surface area contributed by atoms with Crippen molar-refractivity contribution in [2.75, 3.05) is 13.2 Å². The highest BCUT2D eigenvalue weighted by Crippen LogP contribution is 2.13. The summed E-state index contributed by atoms with van der Waals surface area (Å²) in [6, 6.07) is 0. The quantitative estimate of drug-likeness (QED) is 0.0262. The van der Waals surface area contributed by atoms with E-state index in [2.05, 4.69) is 118 Å². The Labute approximate surface area is 394 Å². The Morgan fingerprint density at radius 3 is 0.984 bits per heavy atom. The van der Waals surface area contributed by atoms with Gasteiger partial charge in [-0.1, -0.05) is 195 Å². The van der Waals surface area contributed by atoms with Crippen LogP contribution in [0.2, 0.25) is 0 Å². The van der Waals surface area contributed by atoms with Crippen molar-refractivity contribution in [1.82, 2.24) is 0 Å². The Morgan fingerprint density at radius 2 is 0.609 bits per heavy atom.